The van der Waals surface area contributed by atoms with Gasteiger partial charge in [-0.1, -0.05) is 6.07 Å². The Kier molecular flexibility index (Phi) is 4.04. The Morgan fingerprint density at radius 3 is 2.89 bits per heavy atom. The van der Waals surface area contributed by atoms with Gasteiger partial charge in [-0.2, -0.15) is 0 Å². The summed E-state index contributed by atoms with van der Waals surface area (Å²) in [6, 6.07) is 2.96. The first kappa shape index (κ1) is 13.1. The van der Waals surface area contributed by atoms with Gasteiger partial charge in [0.2, 0.25) is 0 Å². The number of ether oxygens (including phenoxy) is 1. The van der Waals surface area contributed by atoms with Gasteiger partial charge in [0.25, 0.3) is 0 Å². The molecule has 1 aromatic rings. The van der Waals surface area contributed by atoms with Gasteiger partial charge in [0.1, 0.15) is 11.6 Å². The SMILES string of the molecule is COC1CNC(C(=O)Cc2ccc(F)cc2F)C1. The number of carbonyl (C=O) groups is 1. The van der Waals surface area contributed by atoms with Crippen LogP contribution in [0.3, 0.4) is 0 Å². The summed E-state index contributed by atoms with van der Waals surface area (Å²) < 4.78 is 31.3. The van der Waals surface area contributed by atoms with Crippen LogP contribution < -0.4 is 5.32 Å². The lowest BCUT2D eigenvalue weighted by Gasteiger charge is -2.09. The number of benzene rings is 1. The predicted molar refractivity (Wildman–Crippen MR) is 62.3 cm³/mol. The zero-order valence-corrected chi connectivity index (χ0v) is 10.1. The second-order valence-corrected chi connectivity index (χ2v) is 4.43. The molecule has 0 aromatic heterocycles. The van der Waals surface area contributed by atoms with Crippen LogP contribution >= 0.6 is 0 Å². The van der Waals surface area contributed by atoms with Crippen molar-refractivity contribution in [1.29, 1.82) is 0 Å². The number of halogens is 2. The van der Waals surface area contributed by atoms with Crippen LogP contribution in [0.25, 0.3) is 0 Å². The highest BCUT2D eigenvalue weighted by atomic mass is 19.1. The summed E-state index contributed by atoms with van der Waals surface area (Å²) in [5.74, 6) is -1.41. The first-order valence-corrected chi connectivity index (χ1v) is 5.83. The van der Waals surface area contributed by atoms with E-state index in [1.165, 1.54) is 6.07 Å². The number of Topliss-reactive ketones (excluding diaryl/α,β-unsaturated/α-hetero) is 1. The third kappa shape index (κ3) is 2.91. The van der Waals surface area contributed by atoms with Crippen LogP contribution in [0.4, 0.5) is 8.78 Å². The summed E-state index contributed by atoms with van der Waals surface area (Å²) in [4.78, 5) is 11.9. The third-order valence-electron chi connectivity index (χ3n) is 3.19. The zero-order valence-electron chi connectivity index (χ0n) is 10.1. The van der Waals surface area contributed by atoms with Crippen molar-refractivity contribution in [3.05, 3.63) is 35.4 Å². The Balaban J connectivity index is 1.99. The molecule has 0 aliphatic carbocycles. The maximum absolute atomic E-state index is 13.4. The summed E-state index contributed by atoms with van der Waals surface area (Å²) in [7, 11) is 1.60. The molecular formula is C13H15F2NO2. The van der Waals surface area contributed by atoms with Crippen LogP contribution in [0.5, 0.6) is 0 Å². The van der Waals surface area contributed by atoms with Crippen molar-refractivity contribution in [2.24, 2.45) is 0 Å². The van der Waals surface area contributed by atoms with Crippen molar-refractivity contribution in [2.45, 2.75) is 25.0 Å². The number of carbonyl (C=O) groups excluding carboxylic acids is 1. The van der Waals surface area contributed by atoms with E-state index in [0.29, 0.717) is 13.0 Å². The molecule has 0 bridgehead atoms. The van der Waals surface area contributed by atoms with E-state index in [9.17, 15) is 13.6 Å². The molecule has 0 spiro atoms. The van der Waals surface area contributed by atoms with Gasteiger partial charge >= 0.3 is 0 Å². The van der Waals surface area contributed by atoms with Gasteiger partial charge < -0.3 is 10.1 Å². The van der Waals surface area contributed by atoms with Crippen molar-refractivity contribution < 1.29 is 18.3 Å². The third-order valence-corrected chi connectivity index (χ3v) is 3.19. The zero-order chi connectivity index (χ0) is 13.1. The molecule has 1 aliphatic heterocycles. The Bertz CT molecular complexity index is 451. The molecule has 1 fully saturated rings. The van der Waals surface area contributed by atoms with E-state index in [4.69, 9.17) is 4.74 Å². The topological polar surface area (TPSA) is 38.3 Å². The van der Waals surface area contributed by atoms with Gasteiger partial charge in [0, 0.05) is 26.1 Å². The normalized spacial score (nSPS) is 23.3. The molecule has 1 heterocycles. The van der Waals surface area contributed by atoms with Crippen molar-refractivity contribution in [2.75, 3.05) is 13.7 Å². The molecule has 5 heteroatoms. The Labute approximate surface area is 104 Å². The van der Waals surface area contributed by atoms with Crippen LogP contribution in [-0.4, -0.2) is 31.6 Å². The minimum atomic E-state index is -0.676. The number of nitrogens with one attached hydrogen (secondary N) is 1. The van der Waals surface area contributed by atoms with Gasteiger partial charge in [0.15, 0.2) is 5.78 Å². The van der Waals surface area contributed by atoms with Gasteiger partial charge in [-0.15, -0.1) is 0 Å². The minimum Gasteiger partial charge on any atom is -0.380 e. The highest BCUT2D eigenvalue weighted by Gasteiger charge is 2.29. The summed E-state index contributed by atoms with van der Waals surface area (Å²) in [6.45, 7) is 0.624. The molecule has 1 saturated heterocycles. The second-order valence-electron chi connectivity index (χ2n) is 4.43. The highest BCUT2D eigenvalue weighted by molar-refractivity contribution is 5.86. The van der Waals surface area contributed by atoms with Crippen molar-refractivity contribution in [1.82, 2.24) is 5.32 Å². The molecule has 2 atom stereocenters. The highest BCUT2D eigenvalue weighted by Crippen LogP contribution is 2.15. The van der Waals surface area contributed by atoms with Gasteiger partial charge in [-0.05, 0) is 18.1 Å². The molecule has 1 aliphatic rings. The van der Waals surface area contributed by atoms with Gasteiger partial charge in [-0.3, -0.25) is 4.79 Å². The molecule has 2 unspecified atom stereocenters. The minimum absolute atomic E-state index is 0.0250. The van der Waals surface area contributed by atoms with Crippen molar-refractivity contribution in [3.8, 4) is 0 Å². The maximum Gasteiger partial charge on any atom is 0.154 e. The summed E-state index contributed by atoms with van der Waals surface area (Å²) >= 11 is 0. The quantitative estimate of drug-likeness (QED) is 0.885. The molecule has 1 aromatic carbocycles. The molecule has 2 rings (SSSR count). The first-order chi connectivity index (χ1) is 8.60. The fourth-order valence-electron chi connectivity index (χ4n) is 2.10. The average molecular weight is 255 g/mol. The van der Waals surface area contributed by atoms with E-state index in [1.807, 2.05) is 0 Å². The largest absolute Gasteiger partial charge is 0.380 e. The Hall–Kier alpha value is -1.33. The maximum atomic E-state index is 13.4. The van der Waals surface area contributed by atoms with Crippen LogP contribution in [0.1, 0.15) is 12.0 Å². The van der Waals surface area contributed by atoms with Gasteiger partial charge in [0.05, 0.1) is 12.1 Å². The Morgan fingerprint density at radius 2 is 2.28 bits per heavy atom. The fourth-order valence-corrected chi connectivity index (χ4v) is 2.10. The average Bonchev–Trinajstić information content (AvgIpc) is 2.81. The number of hydrogen-bond acceptors (Lipinski definition) is 3. The van der Waals surface area contributed by atoms with E-state index in [-0.39, 0.29) is 29.9 Å². The van der Waals surface area contributed by atoms with Gasteiger partial charge in [-0.25, -0.2) is 8.78 Å². The summed E-state index contributed by atoms with van der Waals surface area (Å²) in [6.07, 6.45) is 0.593. The molecular weight excluding hydrogens is 240 g/mol. The molecule has 0 radical (unpaired) electrons. The molecule has 0 saturated carbocycles. The van der Waals surface area contributed by atoms with Crippen LogP contribution in [0.2, 0.25) is 0 Å². The molecule has 0 amide bonds. The smallest absolute Gasteiger partial charge is 0.154 e. The van der Waals surface area contributed by atoms with E-state index >= 15 is 0 Å². The number of hydrogen-bond donors (Lipinski definition) is 1. The standard InChI is InChI=1S/C13H15F2NO2/c1-18-10-6-12(16-7-10)13(17)4-8-2-3-9(14)5-11(8)15/h2-3,5,10,12,16H,4,6-7H2,1H3. The lowest BCUT2D eigenvalue weighted by molar-refractivity contribution is -0.120. The predicted octanol–water partition coefficient (Wildman–Crippen LogP) is 1.45. The first-order valence-electron chi connectivity index (χ1n) is 5.83. The van der Waals surface area contributed by atoms with E-state index in [0.717, 1.165) is 12.1 Å². The molecule has 3 nitrogen and oxygen atoms in total. The van der Waals surface area contributed by atoms with Crippen LogP contribution in [-0.2, 0) is 16.0 Å². The lowest BCUT2D eigenvalue weighted by Crippen LogP contribution is -2.32. The number of ketones is 1. The van der Waals surface area contributed by atoms with Crippen LogP contribution in [0, 0.1) is 11.6 Å². The van der Waals surface area contributed by atoms with Crippen molar-refractivity contribution in [3.63, 3.8) is 0 Å². The fraction of sp³-hybridized carbons (Fsp3) is 0.462. The summed E-state index contributed by atoms with van der Waals surface area (Å²) in [5, 5.41) is 3.04. The summed E-state index contributed by atoms with van der Waals surface area (Å²) in [5.41, 5.74) is 0.226. The van der Waals surface area contributed by atoms with E-state index in [2.05, 4.69) is 5.32 Å². The molecule has 98 valence electrons. The number of rotatable bonds is 4. The molecule has 18 heavy (non-hydrogen) atoms. The van der Waals surface area contributed by atoms with E-state index < -0.39 is 11.6 Å². The monoisotopic (exact) mass is 255 g/mol. The Morgan fingerprint density at radius 1 is 1.50 bits per heavy atom. The molecule has 1 N–H and O–H groups in total. The number of methoxy groups -OCH3 is 1. The lowest BCUT2D eigenvalue weighted by atomic mass is 10.0. The van der Waals surface area contributed by atoms with Crippen molar-refractivity contribution >= 4 is 5.78 Å². The van der Waals surface area contributed by atoms with Crippen LogP contribution in [0.15, 0.2) is 18.2 Å². The van der Waals surface area contributed by atoms with E-state index in [1.54, 1.807) is 7.11 Å². The second kappa shape index (κ2) is 5.54.